The maximum atomic E-state index is 12.8. The first kappa shape index (κ1) is 17.1. The molecule has 3 aromatic rings. The van der Waals surface area contributed by atoms with Crippen LogP contribution in [0.15, 0.2) is 65.8 Å². The Morgan fingerprint density at radius 1 is 1.11 bits per heavy atom. The number of imidazole rings is 1. The molecule has 7 heteroatoms. The first-order chi connectivity index (χ1) is 13.1. The highest BCUT2D eigenvalue weighted by atomic mass is 16.3. The molecule has 0 aliphatic carbocycles. The fourth-order valence-electron chi connectivity index (χ4n) is 3.60. The number of phenols is 1. The quantitative estimate of drug-likeness (QED) is 0.678. The van der Waals surface area contributed by atoms with E-state index in [1.165, 1.54) is 12.1 Å². The number of rotatable bonds is 6. The zero-order valence-corrected chi connectivity index (χ0v) is 14.6. The van der Waals surface area contributed by atoms with Crippen molar-refractivity contribution >= 4 is 11.7 Å². The van der Waals surface area contributed by atoms with Crippen molar-refractivity contribution in [2.45, 2.75) is 24.9 Å². The van der Waals surface area contributed by atoms with Gasteiger partial charge in [0, 0.05) is 25.5 Å². The topological polar surface area (TPSA) is 88.6 Å². The lowest BCUT2D eigenvalue weighted by atomic mass is 9.89. The maximum absolute atomic E-state index is 12.8. The van der Waals surface area contributed by atoms with E-state index in [9.17, 15) is 14.7 Å². The molecular weight excluding hydrogens is 346 g/mol. The van der Waals surface area contributed by atoms with Crippen LogP contribution in [-0.2, 0) is 16.1 Å². The molecule has 1 saturated heterocycles. The number of amides is 1. The smallest absolute Gasteiger partial charge is 0.291 e. The Hall–Kier alpha value is -3.35. The number of Topliss-reactive ketones (excluding diaryl/α,β-unsaturated/α-hetero) is 1. The molecule has 138 valence electrons. The van der Waals surface area contributed by atoms with Crippen molar-refractivity contribution in [3.63, 3.8) is 0 Å². The number of aromatic hydroxyl groups is 1. The number of phenolic OH excluding ortho intramolecular Hbond substituents is 1. The first-order valence-electron chi connectivity index (χ1n) is 8.78. The van der Waals surface area contributed by atoms with E-state index in [0.29, 0.717) is 30.8 Å². The third kappa shape index (κ3) is 3.23. The van der Waals surface area contributed by atoms with Crippen LogP contribution in [0.5, 0.6) is 5.75 Å². The molecule has 27 heavy (non-hydrogen) atoms. The molecule has 1 aliphatic rings. The molecule has 3 heterocycles. The van der Waals surface area contributed by atoms with Crippen molar-refractivity contribution in [1.82, 2.24) is 14.5 Å². The Morgan fingerprint density at radius 2 is 1.93 bits per heavy atom. The Bertz CT molecular complexity index is 917. The molecule has 7 nitrogen and oxygen atoms in total. The van der Waals surface area contributed by atoms with E-state index in [1.54, 1.807) is 48.0 Å². The predicted octanol–water partition coefficient (Wildman–Crippen LogP) is 2.51. The number of hydrogen-bond donors (Lipinski definition) is 1. The van der Waals surface area contributed by atoms with Crippen LogP contribution in [-0.4, -0.2) is 37.8 Å². The second-order valence-corrected chi connectivity index (χ2v) is 6.55. The molecule has 0 saturated carbocycles. The number of furan rings is 1. The number of likely N-dealkylation sites (tertiary alicyclic amines) is 1. The molecule has 1 fully saturated rings. The first-order valence-corrected chi connectivity index (χ1v) is 8.78. The maximum Gasteiger partial charge on any atom is 0.291 e. The van der Waals surface area contributed by atoms with Gasteiger partial charge in [-0.2, -0.15) is 0 Å². The van der Waals surface area contributed by atoms with Gasteiger partial charge in [0.25, 0.3) is 5.91 Å². The summed E-state index contributed by atoms with van der Waals surface area (Å²) in [4.78, 5) is 31.1. The van der Waals surface area contributed by atoms with Gasteiger partial charge in [-0.3, -0.25) is 9.59 Å². The lowest BCUT2D eigenvalue weighted by Gasteiger charge is -2.25. The number of carbonyl (C=O) groups is 2. The van der Waals surface area contributed by atoms with E-state index >= 15 is 0 Å². The lowest BCUT2D eigenvalue weighted by Crippen LogP contribution is -2.31. The van der Waals surface area contributed by atoms with Crippen LogP contribution >= 0.6 is 0 Å². The summed E-state index contributed by atoms with van der Waals surface area (Å²) in [6.45, 7) is 1.13. The molecule has 1 aliphatic heterocycles. The van der Waals surface area contributed by atoms with Crippen LogP contribution in [0, 0.1) is 0 Å². The van der Waals surface area contributed by atoms with E-state index < -0.39 is 23.7 Å². The monoisotopic (exact) mass is 365 g/mol. The number of ketones is 1. The highest BCUT2D eigenvalue weighted by molar-refractivity contribution is 6.40. The third-order valence-electron chi connectivity index (χ3n) is 4.87. The summed E-state index contributed by atoms with van der Waals surface area (Å²) in [6, 6.07) is 9.44. The van der Waals surface area contributed by atoms with Gasteiger partial charge in [-0.1, -0.05) is 12.1 Å². The van der Waals surface area contributed by atoms with Gasteiger partial charge < -0.3 is 19.0 Å². The predicted molar refractivity (Wildman–Crippen MR) is 95.9 cm³/mol. The molecule has 2 unspecified atom stereocenters. The van der Waals surface area contributed by atoms with Gasteiger partial charge in [0.15, 0.2) is 0 Å². The van der Waals surface area contributed by atoms with Crippen molar-refractivity contribution in [2.75, 3.05) is 6.54 Å². The molecule has 1 aromatic carbocycles. The number of aryl methyl sites for hydroxylation is 1. The average molecular weight is 365 g/mol. The lowest BCUT2D eigenvalue weighted by molar-refractivity contribution is -0.140. The number of aromatic nitrogens is 2. The number of hydrogen-bond acceptors (Lipinski definition) is 5. The van der Waals surface area contributed by atoms with Crippen molar-refractivity contribution in [2.24, 2.45) is 0 Å². The van der Waals surface area contributed by atoms with Crippen molar-refractivity contribution in [1.29, 1.82) is 0 Å². The average Bonchev–Trinajstić information content (AvgIpc) is 3.41. The molecule has 0 bridgehead atoms. The highest BCUT2D eigenvalue weighted by Crippen LogP contribution is 2.43. The minimum atomic E-state index is -0.655. The van der Waals surface area contributed by atoms with E-state index in [1.807, 2.05) is 10.8 Å². The molecule has 1 amide bonds. The Balaban J connectivity index is 1.62. The fourth-order valence-corrected chi connectivity index (χ4v) is 3.60. The minimum absolute atomic E-state index is 0.113. The van der Waals surface area contributed by atoms with Gasteiger partial charge in [0.1, 0.15) is 17.6 Å². The Labute approximate surface area is 155 Å². The Kier molecular flexibility index (Phi) is 4.50. The molecule has 2 atom stereocenters. The van der Waals surface area contributed by atoms with Crippen LogP contribution in [0.3, 0.4) is 0 Å². The molecule has 0 spiro atoms. The van der Waals surface area contributed by atoms with Gasteiger partial charge in [-0.25, -0.2) is 4.98 Å². The molecule has 0 radical (unpaired) electrons. The summed E-state index contributed by atoms with van der Waals surface area (Å²) in [5.74, 6) is -0.917. The number of benzene rings is 1. The molecule has 2 aromatic heterocycles. The van der Waals surface area contributed by atoms with Crippen LogP contribution in [0.1, 0.15) is 29.7 Å². The number of carbonyl (C=O) groups excluding carboxylic acids is 2. The van der Waals surface area contributed by atoms with E-state index in [-0.39, 0.29) is 5.75 Å². The second kappa shape index (κ2) is 7.11. The van der Waals surface area contributed by atoms with Crippen LogP contribution < -0.4 is 0 Å². The van der Waals surface area contributed by atoms with Crippen molar-refractivity contribution < 1.29 is 19.1 Å². The highest BCUT2D eigenvalue weighted by Gasteiger charge is 2.49. The summed E-state index contributed by atoms with van der Waals surface area (Å²) in [5.41, 5.74) is 0.685. The van der Waals surface area contributed by atoms with Gasteiger partial charge >= 0.3 is 0 Å². The minimum Gasteiger partial charge on any atom is -0.508 e. The zero-order valence-electron chi connectivity index (χ0n) is 14.6. The van der Waals surface area contributed by atoms with E-state index in [0.717, 1.165) is 0 Å². The summed E-state index contributed by atoms with van der Waals surface area (Å²) in [7, 11) is 0. The summed E-state index contributed by atoms with van der Waals surface area (Å²) < 4.78 is 7.49. The number of nitrogens with zero attached hydrogens (tertiary/aromatic N) is 3. The molecular formula is C20H19N3O4. The van der Waals surface area contributed by atoms with Crippen molar-refractivity contribution in [3.8, 4) is 5.75 Å². The van der Waals surface area contributed by atoms with Crippen LogP contribution in [0.4, 0.5) is 0 Å². The fraction of sp³-hybridized carbons (Fsp3) is 0.250. The van der Waals surface area contributed by atoms with E-state index in [4.69, 9.17) is 4.42 Å². The summed E-state index contributed by atoms with van der Waals surface area (Å²) in [5, 5.41) is 9.54. The summed E-state index contributed by atoms with van der Waals surface area (Å²) in [6.07, 6.45) is 7.52. The third-order valence-corrected chi connectivity index (χ3v) is 4.87. The Morgan fingerprint density at radius 3 is 2.59 bits per heavy atom. The summed E-state index contributed by atoms with van der Waals surface area (Å²) >= 11 is 0. The largest absolute Gasteiger partial charge is 0.508 e. The van der Waals surface area contributed by atoms with Gasteiger partial charge in [0.2, 0.25) is 5.78 Å². The van der Waals surface area contributed by atoms with Gasteiger partial charge in [-0.05, 0) is 36.2 Å². The van der Waals surface area contributed by atoms with Gasteiger partial charge in [0.05, 0.1) is 18.5 Å². The molecule has 1 N–H and O–H groups in total. The van der Waals surface area contributed by atoms with E-state index in [2.05, 4.69) is 4.98 Å². The second-order valence-electron chi connectivity index (χ2n) is 6.55. The molecule has 4 rings (SSSR count). The standard InChI is InChI=1S/C20H19N3O4/c24-15-6-4-14(5-7-15)17-18(16-3-1-12-27-16)23(20(26)19(17)25)10-2-9-22-11-8-21-13-22/h1,3-8,11-13,17-18,24H,2,9-10H2. The van der Waals surface area contributed by atoms with Crippen molar-refractivity contribution in [3.05, 3.63) is 72.7 Å². The SMILES string of the molecule is O=C1C(=O)N(CCCn2ccnc2)C(c2ccco2)C1c1ccc(O)cc1. The normalized spacial score (nSPS) is 19.8. The van der Waals surface area contributed by atoms with Crippen LogP contribution in [0.25, 0.3) is 0 Å². The van der Waals surface area contributed by atoms with Gasteiger partial charge in [-0.15, -0.1) is 0 Å². The zero-order chi connectivity index (χ0) is 18.8. The van der Waals surface area contributed by atoms with Crippen LogP contribution in [0.2, 0.25) is 0 Å².